The smallest absolute Gasteiger partial charge is 0.338 e. The molecule has 0 fully saturated rings. The number of rotatable bonds is 9. The lowest BCUT2D eigenvalue weighted by atomic mass is 10.1. The second kappa shape index (κ2) is 10.9. The van der Waals surface area contributed by atoms with Crippen LogP contribution in [0.25, 0.3) is 0 Å². The average Bonchev–Trinajstić information content (AvgIpc) is 2.66. The third-order valence-corrected chi connectivity index (χ3v) is 4.68. The summed E-state index contributed by atoms with van der Waals surface area (Å²) in [5.41, 5.74) is 1.41. The molecule has 0 unspecified atom stereocenters. The van der Waals surface area contributed by atoms with E-state index in [4.69, 9.17) is 21.1 Å². The van der Waals surface area contributed by atoms with E-state index in [-0.39, 0.29) is 12.5 Å². The van der Waals surface area contributed by atoms with Gasteiger partial charge in [0.15, 0.2) is 6.61 Å². The van der Waals surface area contributed by atoms with Crippen molar-refractivity contribution >= 4 is 35.2 Å². The van der Waals surface area contributed by atoms with Crippen LogP contribution in [-0.4, -0.2) is 38.7 Å². The van der Waals surface area contributed by atoms with Gasteiger partial charge in [-0.25, -0.2) is 4.79 Å². The number of carbonyl (C=O) groups is 2. The van der Waals surface area contributed by atoms with Gasteiger partial charge in [0.05, 0.1) is 12.2 Å². The van der Waals surface area contributed by atoms with Crippen LogP contribution in [0.2, 0.25) is 5.02 Å². The van der Waals surface area contributed by atoms with Crippen LogP contribution in [0.15, 0.2) is 53.4 Å². The predicted molar refractivity (Wildman–Crippen MR) is 103 cm³/mol. The van der Waals surface area contributed by atoms with Crippen LogP contribution in [0, 0.1) is 0 Å². The van der Waals surface area contributed by atoms with Crippen molar-refractivity contribution in [2.75, 3.05) is 26.9 Å². The van der Waals surface area contributed by atoms with Gasteiger partial charge in [0.1, 0.15) is 0 Å². The molecule has 2 rings (SSSR count). The molecule has 0 radical (unpaired) electrons. The molecule has 0 spiro atoms. The highest BCUT2D eigenvalue weighted by Crippen LogP contribution is 2.24. The summed E-state index contributed by atoms with van der Waals surface area (Å²) >= 11 is 7.52. The van der Waals surface area contributed by atoms with Gasteiger partial charge < -0.3 is 14.8 Å². The molecule has 5 nitrogen and oxygen atoms in total. The minimum absolute atomic E-state index is 0.313. The fraction of sp³-hybridized carbons (Fsp3) is 0.263. The minimum Gasteiger partial charge on any atom is -0.452 e. The van der Waals surface area contributed by atoms with Crippen molar-refractivity contribution in [2.24, 2.45) is 0 Å². The van der Waals surface area contributed by atoms with Gasteiger partial charge in [-0.15, -0.1) is 11.8 Å². The molecule has 0 aromatic heterocycles. The molecular weight excluding hydrogens is 374 g/mol. The molecule has 0 aliphatic carbocycles. The molecule has 26 heavy (non-hydrogen) atoms. The first-order valence-corrected chi connectivity index (χ1v) is 9.35. The van der Waals surface area contributed by atoms with Crippen LogP contribution in [0.5, 0.6) is 0 Å². The number of halogens is 1. The van der Waals surface area contributed by atoms with E-state index in [0.29, 0.717) is 29.5 Å². The number of nitrogens with one attached hydrogen (secondary N) is 1. The Labute approximate surface area is 162 Å². The highest BCUT2D eigenvalue weighted by atomic mass is 35.5. The largest absolute Gasteiger partial charge is 0.452 e. The van der Waals surface area contributed by atoms with E-state index in [9.17, 15) is 9.59 Å². The first-order valence-electron chi connectivity index (χ1n) is 7.98. The first-order chi connectivity index (χ1) is 12.6. The molecule has 0 saturated heterocycles. The molecule has 1 N–H and O–H groups in total. The van der Waals surface area contributed by atoms with E-state index in [1.54, 1.807) is 37.1 Å². The number of thioether (sulfide) groups is 1. The van der Waals surface area contributed by atoms with E-state index in [2.05, 4.69) is 5.32 Å². The molecule has 2 aromatic carbocycles. The van der Waals surface area contributed by atoms with Crippen molar-refractivity contribution in [2.45, 2.75) is 10.6 Å². The van der Waals surface area contributed by atoms with Crippen LogP contribution < -0.4 is 5.32 Å². The Bertz CT molecular complexity index is 737. The third-order valence-electron chi connectivity index (χ3n) is 3.34. The Kier molecular flexibility index (Phi) is 8.47. The number of hydrogen-bond donors (Lipinski definition) is 1. The summed E-state index contributed by atoms with van der Waals surface area (Å²) in [5, 5.41) is 3.29. The maximum atomic E-state index is 12.1. The zero-order valence-corrected chi connectivity index (χ0v) is 15.9. The minimum atomic E-state index is -0.523. The summed E-state index contributed by atoms with van der Waals surface area (Å²) in [6.45, 7) is 0.476. The van der Waals surface area contributed by atoms with Crippen LogP contribution in [-0.2, 0) is 20.0 Å². The molecule has 0 bridgehead atoms. The summed E-state index contributed by atoms with van der Waals surface area (Å²) in [6, 6.07) is 14.8. The van der Waals surface area contributed by atoms with E-state index < -0.39 is 5.97 Å². The van der Waals surface area contributed by atoms with E-state index in [0.717, 1.165) is 10.5 Å². The van der Waals surface area contributed by atoms with Crippen molar-refractivity contribution in [3.63, 3.8) is 0 Å². The SMILES string of the molecule is COCCNC(=O)COC(=O)c1cccc(CSc2ccc(Cl)cc2)c1. The van der Waals surface area contributed by atoms with Crippen LogP contribution in [0.1, 0.15) is 15.9 Å². The second-order valence-corrected chi connectivity index (χ2v) is 6.85. The Hall–Kier alpha value is -2.02. The second-order valence-electron chi connectivity index (χ2n) is 5.36. The Morgan fingerprint density at radius 1 is 1.15 bits per heavy atom. The Balaban J connectivity index is 1.84. The molecule has 0 aliphatic rings. The molecule has 0 heterocycles. The highest BCUT2D eigenvalue weighted by molar-refractivity contribution is 7.98. The van der Waals surface area contributed by atoms with E-state index >= 15 is 0 Å². The Morgan fingerprint density at radius 3 is 2.65 bits per heavy atom. The van der Waals surface area contributed by atoms with Crippen molar-refractivity contribution in [1.82, 2.24) is 5.32 Å². The molecule has 7 heteroatoms. The molecule has 0 saturated carbocycles. The van der Waals surface area contributed by atoms with Crippen molar-refractivity contribution < 1.29 is 19.1 Å². The summed E-state index contributed by atoms with van der Waals surface area (Å²) in [6.07, 6.45) is 0. The van der Waals surface area contributed by atoms with Crippen LogP contribution in [0.3, 0.4) is 0 Å². The van der Waals surface area contributed by atoms with Crippen LogP contribution >= 0.6 is 23.4 Å². The maximum absolute atomic E-state index is 12.1. The predicted octanol–water partition coefficient (Wildman–Crippen LogP) is 3.55. The van der Waals surface area contributed by atoms with Gasteiger partial charge in [0.2, 0.25) is 0 Å². The fourth-order valence-electron chi connectivity index (χ4n) is 2.04. The van der Waals surface area contributed by atoms with Gasteiger partial charge in [-0.1, -0.05) is 23.7 Å². The number of ether oxygens (including phenoxy) is 2. The number of methoxy groups -OCH3 is 1. The van der Waals surface area contributed by atoms with E-state index in [1.165, 1.54) is 0 Å². The topological polar surface area (TPSA) is 64.6 Å². The summed E-state index contributed by atoms with van der Waals surface area (Å²) in [5.74, 6) is -0.171. The molecule has 1 amide bonds. The Morgan fingerprint density at radius 2 is 1.92 bits per heavy atom. The van der Waals surface area contributed by atoms with Gasteiger partial charge in [-0.2, -0.15) is 0 Å². The van der Waals surface area contributed by atoms with Gasteiger partial charge in [-0.05, 0) is 42.0 Å². The number of esters is 1. The van der Waals surface area contributed by atoms with Gasteiger partial charge >= 0.3 is 5.97 Å². The molecule has 0 atom stereocenters. The zero-order valence-electron chi connectivity index (χ0n) is 14.4. The van der Waals surface area contributed by atoms with Crippen molar-refractivity contribution in [1.29, 1.82) is 0 Å². The lowest BCUT2D eigenvalue weighted by molar-refractivity contribution is -0.124. The third kappa shape index (κ3) is 7.07. The van der Waals surface area contributed by atoms with Gasteiger partial charge in [-0.3, -0.25) is 4.79 Å². The maximum Gasteiger partial charge on any atom is 0.338 e. The lowest BCUT2D eigenvalue weighted by Gasteiger charge is -2.07. The molecule has 2 aromatic rings. The van der Waals surface area contributed by atoms with E-state index in [1.807, 2.05) is 30.3 Å². The number of hydrogen-bond acceptors (Lipinski definition) is 5. The average molecular weight is 394 g/mol. The normalized spacial score (nSPS) is 10.4. The fourth-order valence-corrected chi connectivity index (χ4v) is 3.01. The monoisotopic (exact) mass is 393 g/mol. The lowest BCUT2D eigenvalue weighted by Crippen LogP contribution is -2.31. The molecule has 138 valence electrons. The highest BCUT2D eigenvalue weighted by Gasteiger charge is 2.10. The standard InChI is InChI=1S/C19H20ClNO4S/c1-24-10-9-21-18(22)12-25-19(23)15-4-2-3-14(11-15)13-26-17-7-5-16(20)6-8-17/h2-8,11H,9-10,12-13H2,1H3,(H,21,22). The summed E-state index contributed by atoms with van der Waals surface area (Å²) < 4.78 is 9.87. The number of carbonyl (C=O) groups excluding carboxylic acids is 2. The van der Waals surface area contributed by atoms with Gasteiger partial charge in [0.25, 0.3) is 5.91 Å². The van der Waals surface area contributed by atoms with Crippen molar-refractivity contribution in [3.05, 3.63) is 64.7 Å². The quantitative estimate of drug-likeness (QED) is 0.401. The van der Waals surface area contributed by atoms with Crippen LogP contribution in [0.4, 0.5) is 0 Å². The summed E-state index contributed by atoms with van der Waals surface area (Å²) in [4.78, 5) is 24.7. The zero-order chi connectivity index (χ0) is 18.8. The van der Waals surface area contributed by atoms with Gasteiger partial charge in [0, 0.05) is 29.3 Å². The number of amides is 1. The van der Waals surface area contributed by atoms with Crippen molar-refractivity contribution in [3.8, 4) is 0 Å². The summed E-state index contributed by atoms with van der Waals surface area (Å²) in [7, 11) is 1.55. The molecular formula is C19H20ClNO4S. The first kappa shape index (κ1) is 20.3. The number of benzene rings is 2. The molecule has 0 aliphatic heterocycles.